The van der Waals surface area contributed by atoms with Gasteiger partial charge in [0.05, 0.1) is 6.04 Å². The number of halogens is 2. The molecule has 2 N–H and O–H groups in total. The molecule has 0 aliphatic carbocycles. The fraction of sp³-hybridized carbons (Fsp3) is 0.385. The fourth-order valence-corrected chi connectivity index (χ4v) is 2.44. The predicted molar refractivity (Wildman–Crippen MR) is 78.4 cm³/mol. The Balaban J connectivity index is 2.10. The Morgan fingerprint density at radius 1 is 1.50 bits per heavy atom. The van der Waals surface area contributed by atoms with Crippen LogP contribution in [0.3, 0.4) is 0 Å². The quantitative estimate of drug-likeness (QED) is 0.886. The van der Waals surface area contributed by atoms with E-state index in [1.165, 1.54) is 6.07 Å². The molecule has 0 radical (unpaired) electrons. The summed E-state index contributed by atoms with van der Waals surface area (Å²) in [5.41, 5.74) is 6.30. The van der Waals surface area contributed by atoms with Crippen molar-refractivity contribution in [3.63, 3.8) is 0 Å². The third-order valence-electron chi connectivity index (χ3n) is 2.83. The molecule has 1 heterocycles. The average molecular weight is 316 g/mol. The molecule has 0 bridgehead atoms. The van der Waals surface area contributed by atoms with E-state index in [2.05, 4.69) is 10.1 Å². The fourth-order valence-electron chi connectivity index (χ4n) is 1.72. The predicted octanol–water partition coefficient (Wildman–Crippen LogP) is 3.21. The molecule has 0 aliphatic heterocycles. The van der Waals surface area contributed by atoms with Crippen molar-refractivity contribution in [2.24, 2.45) is 5.73 Å². The summed E-state index contributed by atoms with van der Waals surface area (Å²) in [5, 5.41) is 4.17. The van der Waals surface area contributed by atoms with Gasteiger partial charge in [0, 0.05) is 17.0 Å². The van der Waals surface area contributed by atoms with Gasteiger partial charge in [0.2, 0.25) is 5.89 Å². The molecule has 108 valence electrons. The minimum absolute atomic E-state index is 0.185. The zero-order valence-corrected chi connectivity index (χ0v) is 12.5. The molecule has 1 aromatic carbocycles. The molecule has 2 rings (SSSR count). The van der Waals surface area contributed by atoms with E-state index < -0.39 is 0 Å². The number of nitrogens with two attached hydrogens (primary N) is 1. The van der Waals surface area contributed by atoms with E-state index in [0.717, 1.165) is 12.2 Å². The Morgan fingerprint density at radius 2 is 2.30 bits per heavy atom. The van der Waals surface area contributed by atoms with Crippen LogP contribution in [0.2, 0.25) is 5.02 Å². The highest BCUT2D eigenvalue weighted by Gasteiger charge is 2.16. The molecule has 1 aromatic heterocycles. The van der Waals surface area contributed by atoms with Gasteiger partial charge in [0.1, 0.15) is 5.82 Å². The van der Waals surface area contributed by atoms with Crippen LogP contribution in [0.4, 0.5) is 4.39 Å². The molecule has 0 fully saturated rings. The van der Waals surface area contributed by atoms with Crippen molar-refractivity contribution >= 4 is 23.4 Å². The van der Waals surface area contributed by atoms with Crippen LogP contribution < -0.4 is 5.73 Å². The molecule has 7 heteroatoms. The Kier molecular flexibility index (Phi) is 5.39. The van der Waals surface area contributed by atoms with Crippen LogP contribution in [0.5, 0.6) is 0 Å². The highest BCUT2D eigenvalue weighted by molar-refractivity contribution is 7.98. The average Bonchev–Trinajstić information content (AvgIpc) is 2.89. The second-order valence-corrected chi connectivity index (χ2v) is 5.71. The van der Waals surface area contributed by atoms with Crippen LogP contribution in [-0.4, -0.2) is 22.1 Å². The third-order valence-corrected chi connectivity index (χ3v) is 3.83. The van der Waals surface area contributed by atoms with E-state index in [0.29, 0.717) is 22.3 Å². The monoisotopic (exact) mass is 315 g/mol. The van der Waals surface area contributed by atoms with E-state index >= 15 is 0 Å². The summed E-state index contributed by atoms with van der Waals surface area (Å²) in [5.74, 6) is 1.29. The van der Waals surface area contributed by atoms with Crippen molar-refractivity contribution < 1.29 is 8.91 Å². The van der Waals surface area contributed by atoms with E-state index in [1.54, 1.807) is 23.9 Å². The first-order chi connectivity index (χ1) is 9.61. The normalized spacial score (nSPS) is 12.6. The number of hydrogen-bond acceptors (Lipinski definition) is 5. The molecule has 0 spiro atoms. The van der Waals surface area contributed by atoms with Gasteiger partial charge < -0.3 is 10.3 Å². The van der Waals surface area contributed by atoms with Crippen LogP contribution in [0.15, 0.2) is 22.7 Å². The highest BCUT2D eigenvalue weighted by atomic mass is 35.5. The maximum Gasteiger partial charge on any atom is 0.243 e. The van der Waals surface area contributed by atoms with Gasteiger partial charge in [-0.2, -0.15) is 16.7 Å². The standard InChI is InChI=1S/C13H15ClFN3OS/c1-20-6-5-11(16)13-17-12(18-19-13)7-8-9(14)3-2-4-10(8)15/h2-4,11H,5-7,16H2,1H3/t11-/m0/s1. The van der Waals surface area contributed by atoms with Gasteiger partial charge in [-0.05, 0) is 30.6 Å². The molecule has 0 saturated heterocycles. The van der Waals surface area contributed by atoms with Gasteiger partial charge >= 0.3 is 0 Å². The maximum absolute atomic E-state index is 13.7. The lowest BCUT2D eigenvalue weighted by Gasteiger charge is -2.04. The Labute approximate surface area is 125 Å². The first kappa shape index (κ1) is 15.3. The van der Waals surface area contributed by atoms with E-state index in [-0.39, 0.29) is 18.3 Å². The summed E-state index contributed by atoms with van der Waals surface area (Å²) in [6, 6.07) is 4.25. The second-order valence-electron chi connectivity index (χ2n) is 4.31. The van der Waals surface area contributed by atoms with Crippen molar-refractivity contribution in [1.29, 1.82) is 0 Å². The van der Waals surface area contributed by atoms with Crippen LogP contribution >= 0.6 is 23.4 Å². The molecular formula is C13H15ClFN3OS. The van der Waals surface area contributed by atoms with Crippen molar-refractivity contribution in [2.75, 3.05) is 12.0 Å². The lowest BCUT2D eigenvalue weighted by molar-refractivity contribution is 0.349. The van der Waals surface area contributed by atoms with E-state index in [4.69, 9.17) is 21.9 Å². The molecule has 0 aliphatic rings. The van der Waals surface area contributed by atoms with E-state index in [1.807, 2.05) is 6.26 Å². The van der Waals surface area contributed by atoms with Crippen molar-refractivity contribution in [3.05, 3.63) is 46.3 Å². The van der Waals surface area contributed by atoms with Crippen LogP contribution in [-0.2, 0) is 6.42 Å². The van der Waals surface area contributed by atoms with E-state index in [9.17, 15) is 4.39 Å². The lowest BCUT2D eigenvalue weighted by atomic mass is 10.1. The lowest BCUT2D eigenvalue weighted by Crippen LogP contribution is -2.11. The van der Waals surface area contributed by atoms with Gasteiger partial charge in [0.15, 0.2) is 5.82 Å². The first-order valence-corrected chi connectivity index (χ1v) is 7.89. The SMILES string of the molecule is CSCC[C@H](N)c1nc(Cc2c(F)cccc2Cl)no1. The molecular weight excluding hydrogens is 301 g/mol. The maximum atomic E-state index is 13.7. The third kappa shape index (κ3) is 3.71. The summed E-state index contributed by atoms with van der Waals surface area (Å²) in [7, 11) is 0. The molecule has 1 atom stereocenters. The largest absolute Gasteiger partial charge is 0.338 e. The number of nitrogens with zero attached hydrogens (tertiary/aromatic N) is 2. The van der Waals surface area contributed by atoms with Crippen molar-refractivity contribution in [1.82, 2.24) is 10.1 Å². The molecule has 4 nitrogen and oxygen atoms in total. The summed E-state index contributed by atoms with van der Waals surface area (Å²) in [6.45, 7) is 0. The van der Waals surface area contributed by atoms with Crippen LogP contribution in [0.1, 0.15) is 29.7 Å². The Morgan fingerprint density at radius 3 is 3.00 bits per heavy atom. The number of aromatic nitrogens is 2. The van der Waals surface area contributed by atoms with Crippen LogP contribution in [0.25, 0.3) is 0 Å². The molecule has 20 heavy (non-hydrogen) atoms. The van der Waals surface area contributed by atoms with Gasteiger partial charge in [0.25, 0.3) is 0 Å². The Bertz CT molecular complexity index is 558. The highest BCUT2D eigenvalue weighted by Crippen LogP contribution is 2.22. The minimum Gasteiger partial charge on any atom is -0.338 e. The topological polar surface area (TPSA) is 64.9 Å². The van der Waals surface area contributed by atoms with Crippen molar-refractivity contribution in [2.45, 2.75) is 18.9 Å². The van der Waals surface area contributed by atoms with Gasteiger partial charge in [-0.15, -0.1) is 0 Å². The molecule has 2 aromatic rings. The van der Waals surface area contributed by atoms with Gasteiger partial charge in [-0.1, -0.05) is 22.8 Å². The summed E-state index contributed by atoms with van der Waals surface area (Å²) in [6.07, 6.45) is 2.94. The van der Waals surface area contributed by atoms with Crippen LogP contribution in [0, 0.1) is 5.82 Å². The second kappa shape index (κ2) is 7.06. The molecule has 0 saturated carbocycles. The number of thioether (sulfide) groups is 1. The number of hydrogen-bond donors (Lipinski definition) is 1. The van der Waals surface area contributed by atoms with Gasteiger partial charge in [-0.3, -0.25) is 0 Å². The molecule has 0 amide bonds. The first-order valence-electron chi connectivity index (χ1n) is 6.11. The number of rotatable bonds is 6. The summed E-state index contributed by atoms with van der Waals surface area (Å²) >= 11 is 7.66. The molecule has 0 unspecified atom stereocenters. The summed E-state index contributed by atoms with van der Waals surface area (Å²) < 4.78 is 18.8. The number of benzene rings is 1. The van der Waals surface area contributed by atoms with Gasteiger partial charge in [-0.25, -0.2) is 4.39 Å². The Hall–Kier alpha value is -1.11. The van der Waals surface area contributed by atoms with Crippen molar-refractivity contribution in [3.8, 4) is 0 Å². The zero-order chi connectivity index (χ0) is 14.5. The smallest absolute Gasteiger partial charge is 0.243 e. The minimum atomic E-state index is -0.379. The zero-order valence-electron chi connectivity index (χ0n) is 11.0. The summed E-state index contributed by atoms with van der Waals surface area (Å²) in [4.78, 5) is 4.20.